The number of methoxy groups -OCH3 is 3. The van der Waals surface area contributed by atoms with E-state index < -0.39 is 50.4 Å². The zero-order valence-corrected chi connectivity index (χ0v) is 61.9. The lowest BCUT2D eigenvalue weighted by Gasteiger charge is -2.18. The Morgan fingerprint density at radius 1 is 0.495 bits per heavy atom. The Balaban J connectivity index is 0.000000163. The molecule has 0 spiro atoms. The molecule has 12 rings (SSSR count). The molecular weight excluding hydrogens is 1330 g/mol. The van der Waals surface area contributed by atoms with Crippen LogP contribution in [0.5, 0.6) is 0 Å². The largest absolute Gasteiger partial charge is 0.383 e. The summed E-state index contributed by atoms with van der Waals surface area (Å²) in [6, 6.07) is 9.12. The number of hydrogen-bond donors (Lipinski definition) is 7. The minimum absolute atomic E-state index is 0.128. The van der Waals surface area contributed by atoms with Gasteiger partial charge < -0.3 is 45.4 Å². The lowest BCUT2D eigenvalue weighted by atomic mass is 9.99. The molecule has 0 saturated heterocycles. The number of halogens is 1. The maximum absolute atomic E-state index is 12.8. The van der Waals surface area contributed by atoms with E-state index in [-0.39, 0.29) is 49.4 Å². The molecular formula is C63H98ClN15O11S3Si2. The zero-order valence-electron chi connectivity index (χ0n) is 56.7. The number of rotatable bonds is 29. The number of fused-ring (bicyclic) bond motifs is 6. The third-order valence-electron chi connectivity index (χ3n) is 17.6. The van der Waals surface area contributed by atoms with Gasteiger partial charge in [-0.25, -0.2) is 49.2 Å². The summed E-state index contributed by atoms with van der Waals surface area (Å²) >= 11 is 0. The van der Waals surface area contributed by atoms with Crippen LogP contribution in [0.3, 0.4) is 0 Å². The first-order valence-corrected chi connectivity index (χ1v) is 45.9. The number of nitrogens with two attached hydrogens (primary N) is 1. The number of ether oxygens (including phenoxy) is 5. The fourth-order valence-corrected chi connectivity index (χ4v) is 16.6. The second kappa shape index (κ2) is 33.1. The number of aromatic amines is 1. The maximum Gasteiger partial charge on any atom is 0.298 e. The first kappa shape index (κ1) is 74.0. The third-order valence-corrected chi connectivity index (χ3v) is 24.5. The smallest absolute Gasteiger partial charge is 0.298 e. The van der Waals surface area contributed by atoms with Crippen molar-refractivity contribution in [1.82, 2.24) is 54.2 Å². The van der Waals surface area contributed by atoms with E-state index in [2.05, 4.69) is 123 Å². The summed E-state index contributed by atoms with van der Waals surface area (Å²) in [7, 11) is -3.89. The lowest BCUT2D eigenvalue weighted by molar-refractivity contribution is 0.0791. The standard InChI is InChI=1S/C23H37N5O4SSi.C20H29ClN4O3SSi.C17H23N5O3S.C3H9NO/c1-31-12-11-24-33(29,30)23-26-22(28(27-23)16-32-13-14-34(2,3)4)25-21-19-9-5-7-17(19)15-18-8-6-10-20(18)21;1-30(2,3)11-10-28-13-25-19(23-20(24-25)29(21,26)27)22-18-16-8-4-6-14(16)12-15-7-5-9-17(15)18;1-25-9-8-18-26(23,24)17-20-16(21-22-17)19-15-13-6-2-4-11(13)10-12-5-3-7-14(12)15;1-5-3-2-4/h15,24H,5-14,16H2,1-4H3,(H,25,26,27);12H,4-11,13H2,1-3H3,(H,22,23,24);10,18H,2-9H2,1H3,(H2,19,20,21,22);2-4H2,1H3. The van der Waals surface area contributed by atoms with Gasteiger partial charge >= 0.3 is 0 Å². The Kier molecular flexibility index (Phi) is 25.7. The number of nitrogens with zero attached hydrogens (tertiary/aromatic N) is 8. The van der Waals surface area contributed by atoms with Crippen LogP contribution in [-0.2, 0) is 143 Å². The molecule has 0 fully saturated rings. The molecule has 6 aliphatic rings. The second-order valence-electron chi connectivity index (χ2n) is 27.2. The molecule has 32 heteroatoms. The Morgan fingerprint density at radius 3 is 1.20 bits per heavy atom. The predicted molar refractivity (Wildman–Crippen MR) is 374 cm³/mol. The SMILES string of the molecule is COCCN.COCCNS(=O)(=O)c1nc(Nc2c3c(cc4c2CCC4)CCC3)n(COCC[Si](C)(C)C)n1.COCCNS(=O)(=O)c1nc(Nc2c3c(cc4c2CCC4)CCC3)n[nH]1.C[Si](C)(C)CCOCn1nc(S(=O)(=O)Cl)nc1Nc1c2c(cc3c1CCC3)CCC2. The summed E-state index contributed by atoms with van der Waals surface area (Å²) in [6.45, 7) is 17.4. The van der Waals surface area contributed by atoms with Crippen LogP contribution < -0.4 is 31.1 Å². The molecule has 0 aliphatic heterocycles. The first-order chi connectivity index (χ1) is 45.3. The minimum atomic E-state index is -4.03. The average Bonchev–Trinajstić information content (AvgIpc) is 1.66. The highest BCUT2D eigenvalue weighted by Crippen LogP contribution is 2.43. The van der Waals surface area contributed by atoms with Gasteiger partial charge in [-0.05, 0) is 194 Å². The molecule has 0 bridgehead atoms. The predicted octanol–water partition coefficient (Wildman–Crippen LogP) is 8.52. The number of sulfonamides is 2. The minimum Gasteiger partial charge on any atom is -0.383 e. The van der Waals surface area contributed by atoms with E-state index >= 15 is 0 Å². The molecule has 3 heterocycles. The monoisotopic (exact) mass is 1430 g/mol. The van der Waals surface area contributed by atoms with Crippen molar-refractivity contribution >= 4 is 90.8 Å². The van der Waals surface area contributed by atoms with Gasteiger partial charge in [-0.15, -0.1) is 15.3 Å². The van der Waals surface area contributed by atoms with Gasteiger partial charge in [0.2, 0.25) is 17.8 Å². The average molecular weight is 1430 g/mol. The van der Waals surface area contributed by atoms with Gasteiger partial charge in [-0.3, -0.25) is 0 Å². The highest BCUT2D eigenvalue weighted by Gasteiger charge is 2.31. The lowest BCUT2D eigenvalue weighted by Crippen LogP contribution is -2.28. The molecule has 6 aliphatic carbocycles. The van der Waals surface area contributed by atoms with Crippen molar-refractivity contribution in [3.05, 3.63) is 85.0 Å². The summed E-state index contributed by atoms with van der Waals surface area (Å²) in [6.07, 6.45) is 19.6. The number of benzene rings is 3. The first-order valence-electron chi connectivity index (χ1n) is 33.2. The summed E-state index contributed by atoms with van der Waals surface area (Å²) in [5.41, 5.74) is 24.6. The quantitative estimate of drug-likeness (QED) is 0.0131. The Morgan fingerprint density at radius 2 is 0.853 bits per heavy atom. The van der Waals surface area contributed by atoms with Gasteiger partial charge in [0.25, 0.3) is 44.6 Å². The van der Waals surface area contributed by atoms with Gasteiger partial charge in [0, 0.05) is 98.1 Å². The van der Waals surface area contributed by atoms with Crippen LogP contribution in [0.1, 0.15) is 105 Å². The molecule has 0 unspecified atom stereocenters. The topological polar surface area (TPSA) is 338 Å². The van der Waals surface area contributed by atoms with Crippen LogP contribution >= 0.6 is 10.7 Å². The van der Waals surface area contributed by atoms with E-state index in [0.29, 0.717) is 44.9 Å². The summed E-state index contributed by atoms with van der Waals surface area (Å²) in [5.74, 6) is 1.04. The van der Waals surface area contributed by atoms with Gasteiger partial charge in [0.15, 0.2) is 0 Å². The van der Waals surface area contributed by atoms with Crippen molar-refractivity contribution in [2.75, 3.05) is 89.9 Å². The van der Waals surface area contributed by atoms with Gasteiger partial charge in [0.05, 0.1) is 19.8 Å². The number of anilines is 6. The van der Waals surface area contributed by atoms with Crippen LogP contribution in [0.15, 0.2) is 33.7 Å². The van der Waals surface area contributed by atoms with Crippen molar-refractivity contribution in [1.29, 1.82) is 0 Å². The fourth-order valence-electron chi connectivity index (χ4n) is 12.8. The molecule has 95 heavy (non-hydrogen) atoms. The zero-order chi connectivity index (χ0) is 68.1. The van der Waals surface area contributed by atoms with Gasteiger partial charge in [-0.2, -0.15) is 15.0 Å². The number of nitrogens with one attached hydrogen (secondary N) is 6. The van der Waals surface area contributed by atoms with E-state index in [4.69, 9.17) is 35.4 Å². The number of aromatic nitrogens is 9. The maximum atomic E-state index is 12.8. The van der Waals surface area contributed by atoms with Crippen LogP contribution in [0, 0.1) is 0 Å². The van der Waals surface area contributed by atoms with E-state index in [9.17, 15) is 25.3 Å². The van der Waals surface area contributed by atoms with Crippen molar-refractivity contribution in [2.24, 2.45) is 5.73 Å². The van der Waals surface area contributed by atoms with E-state index in [1.54, 1.807) is 7.11 Å². The normalized spacial score (nSPS) is 15.4. The molecule has 8 N–H and O–H groups in total. The van der Waals surface area contributed by atoms with E-state index in [1.165, 1.54) is 90.3 Å². The number of H-pyrrole nitrogens is 1. The molecule has 0 saturated carbocycles. The van der Waals surface area contributed by atoms with Crippen LogP contribution in [0.25, 0.3) is 0 Å². The van der Waals surface area contributed by atoms with Crippen molar-refractivity contribution in [3.8, 4) is 0 Å². The molecule has 3 aromatic heterocycles. The summed E-state index contributed by atoms with van der Waals surface area (Å²) in [5, 5.41) is 24.3. The molecule has 0 atom stereocenters. The number of hydrogen-bond acceptors (Lipinski definition) is 21. The van der Waals surface area contributed by atoms with Crippen LogP contribution in [0.4, 0.5) is 34.9 Å². The highest BCUT2D eigenvalue weighted by atomic mass is 35.7. The molecule has 6 aromatic rings. The van der Waals surface area contributed by atoms with Crippen molar-refractivity contribution in [2.45, 2.75) is 196 Å². The molecule has 0 radical (unpaired) electrons. The molecule has 0 amide bonds. The van der Waals surface area contributed by atoms with Crippen LogP contribution in [0.2, 0.25) is 51.4 Å². The van der Waals surface area contributed by atoms with E-state index in [1.807, 2.05) is 0 Å². The second-order valence-corrected chi connectivity index (χ2v) is 44.2. The highest BCUT2D eigenvalue weighted by molar-refractivity contribution is 8.13. The molecule has 26 nitrogen and oxygen atoms in total. The fraction of sp³-hybridized carbons (Fsp3) is 0.619. The molecule has 524 valence electrons. The number of aryl methyl sites for hydroxylation is 6. The van der Waals surface area contributed by atoms with Crippen LogP contribution in [-0.4, -0.2) is 160 Å². The van der Waals surface area contributed by atoms with Gasteiger partial charge in [-0.1, -0.05) is 57.5 Å². The summed E-state index contributed by atoms with van der Waals surface area (Å²) < 4.78 is 108. The Bertz CT molecular complexity index is 3870. The molecule has 3 aromatic carbocycles. The summed E-state index contributed by atoms with van der Waals surface area (Å²) in [4.78, 5) is 12.8. The van der Waals surface area contributed by atoms with Crippen molar-refractivity contribution in [3.63, 3.8) is 0 Å². The third kappa shape index (κ3) is 19.8. The van der Waals surface area contributed by atoms with Gasteiger partial charge in [0.1, 0.15) is 13.5 Å². The Labute approximate surface area is 567 Å². The van der Waals surface area contributed by atoms with Crippen molar-refractivity contribution < 1.29 is 48.9 Å². The Hall–Kier alpha value is -5.27. The van der Waals surface area contributed by atoms with E-state index in [0.717, 1.165) is 145 Å².